The van der Waals surface area contributed by atoms with Gasteiger partial charge in [0.05, 0.1) is 12.0 Å². The summed E-state index contributed by atoms with van der Waals surface area (Å²) in [5.74, 6) is -2.77. The molecule has 2 rings (SSSR count). The maximum Gasteiger partial charge on any atom is 0.265 e. The molecule has 0 aromatic rings. The van der Waals surface area contributed by atoms with Gasteiger partial charge >= 0.3 is 0 Å². The maximum atomic E-state index is 13.3. The number of amides is 1. The van der Waals surface area contributed by atoms with Crippen molar-refractivity contribution in [2.45, 2.75) is 38.0 Å². The van der Waals surface area contributed by atoms with E-state index in [0.717, 1.165) is 19.3 Å². The highest BCUT2D eigenvalue weighted by atomic mass is 19.3. The van der Waals surface area contributed by atoms with Crippen LogP contribution in [0, 0.1) is 5.41 Å². The molecule has 1 saturated heterocycles. The highest BCUT2D eigenvalue weighted by Gasteiger charge is 2.48. The fourth-order valence-electron chi connectivity index (χ4n) is 2.88. The normalized spacial score (nSPS) is 26.4. The third kappa shape index (κ3) is 2.44. The Morgan fingerprint density at radius 1 is 1.29 bits per heavy atom. The van der Waals surface area contributed by atoms with Crippen molar-refractivity contribution in [2.75, 3.05) is 26.7 Å². The topological polar surface area (TPSA) is 32.3 Å². The first-order valence-corrected chi connectivity index (χ1v) is 6.31. The molecule has 1 N–H and O–H groups in total. The van der Waals surface area contributed by atoms with Gasteiger partial charge in [-0.25, -0.2) is 8.78 Å². The summed E-state index contributed by atoms with van der Waals surface area (Å²) in [6.45, 7) is 0.699. The average molecular weight is 246 g/mol. The van der Waals surface area contributed by atoms with Crippen molar-refractivity contribution in [3.05, 3.63) is 0 Å². The van der Waals surface area contributed by atoms with Gasteiger partial charge in [-0.15, -0.1) is 0 Å². The molecule has 1 heterocycles. The summed E-state index contributed by atoms with van der Waals surface area (Å²) >= 11 is 0. The largest absolute Gasteiger partial charge is 0.336 e. The summed E-state index contributed by atoms with van der Waals surface area (Å²) in [5, 5.41) is 3.02. The van der Waals surface area contributed by atoms with E-state index in [4.69, 9.17) is 0 Å². The number of hydrogen-bond donors (Lipinski definition) is 1. The van der Waals surface area contributed by atoms with Gasteiger partial charge in [-0.05, 0) is 26.3 Å². The summed E-state index contributed by atoms with van der Waals surface area (Å²) in [6.07, 6.45) is 3.01. The van der Waals surface area contributed by atoms with Crippen LogP contribution >= 0.6 is 0 Å². The van der Waals surface area contributed by atoms with Gasteiger partial charge in [0.15, 0.2) is 0 Å². The quantitative estimate of drug-likeness (QED) is 0.821. The molecule has 17 heavy (non-hydrogen) atoms. The van der Waals surface area contributed by atoms with Crippen molar-refractivity contribution in [1.82, 2.24) is 10.2 Å². The van der Waals surface area contributed by atoms with Gasteiger partial charge in [0, 0.05) is 19.5 Å². The fraction of sp³-hybridized carbons (Fsp3) is 0.917. The van der Waals surface area contributed by atoms with Crippen molar-refractivity contribution < 1.29 is 13.6 Å². The molecule has 2 aliphatic rings. The monoisotopic (exact) mass is 246 g/mol. The zero-order valence-corrected chi connectivity index (χ0v) is 10.3. The fourth-order valence-corrected chi connectivity index (χ4v) is 2.88. The molecule has 0 aromatic carbocycles. The number of rotatable bonds is 3. The number of hydrogen-bond acceptors (Lipinski definition) is 2. The first kappa shape index (κ1) is 12.7. The van der Waals surface area contributed by atoms with Gasteiger partial charge in [0.25, 0.3) is 5.92 Å². The number of piperidine rings is 1. The van der Waals surface area contributed by atoms with E-state index in [9.17, 15) is 13.6 Å². The molecule has 1 aliphatic heterocycles. The number of carbonyl (C=O) groups excluding carboxylic acids is 1. The molecule has 98 valence electrons. The first-order valence-electron chi connectivity index (χ1n) is 6.31. The Balaban J connectivity index is 2.03. The van der Waals surface area contributed by atoms with Gasteiger partial charge in [-0.1, -0.05) is 6.42 Å². The zero-order valence-electron chi connectivity index (χ0n) is 10.3. The smallest absolute Gasteiger partial charge is 0.265 e. The minimum Gasteiger partial charge on any atom is -0.336 e. The second-order valence-electron chi connectivity index (χ2n) is 5.35. The number of alkyl halides is 2. The van der Waals surface area contributed by atoms with E-state index in [0.29, 0.717) is 19.5 Å². The number of likely N-dealkylation sites (tertiary alicyclic amines) is 1. The second kappa shape index (κ2) is 4.52. The summed E-state index contributed by atoms with van der Waals surface area (Å²) in [7, 11) is 1.80. The standard InChI is InChI=1S/C12H20F2N2O/c1-15-8-11(4-2-5-11)10(17)16-7-3-6-12(13,14)9-16/h15H,2-9H2,1H3. The van der Waals surface area contributed by atoms with Crippen LogP contribution in [0.15, 0.2) is 0 Å². The highest BCUT2D eigenvalue weighted by molar-refractivity contribution is 5.84. The molecule has 1 amide bonds. The van der Waals surface area contributed by atoms with Crippen LogP contribution in [0.5, 0.6) is 0 Å². The van der Waals surface area contributed by atoms with E-state index >= 15 is 0 Å². The van der Waals surface area contributed by atoms with Crippen molar-refractivity contribution in [3.8, 4) is 0 Å². The lowest BCUT2D eigenvalue weighted by molar-refractivity contribution is -0.157. The van der Waals surface area contributed by atoms with Gasteiger partial charge < -0.3 is 10.2 Å². The second-order valence-corrected chi connectivity index (χ2v) is 5.35. The van der Waals surface area contributed by atoms with E-state index in [1.54, 1.807) is 7.05 Å². The SMILES string of the molecule is CNCC1(C(=O)N2CCCC(F)(F)C2)CCC1. The highest BCUT2D eigenvalue weighted by Crippen LogP contribution is 2.43. The zero-order chi connectivity index (χ0) is 12.5. The maximum absolute atomic E-state index is 13.3. The summed E-state index contributed by atoms with van der Waals surface area (Å²) in [6, 6.07) is 0. The van der Waals surface area contributed by atoms with Crippen LogP contribution in [-0.4, -0.2) is 43.4 Å². The Hall–Kier alpha value is -0.710. The van der Waals surface area contributed by atoms with E-state index in [-0.39, 0.29) is 12.3 Å². The Morgan fingerprint density at radius 2 is 2.00 bits per heavy atom. The molecule has 0 spiro atoms. The molecular formula is C12H20F2N2O. The van der Waals surface area contributed by atoms with Crippen LogP contribution in [0.4, 0.5) is 8.78 Å². The van der Waals surface area contributed by atoms with E-state index in [2.05, 4.69) is 5.32 Å². The Morgan fingerprint density at radius 3 is 2.47 bits per heavy atom. The van der Waals surface area contributed by atoms with E-state index in [1.807, 2.05) is 0 Å². The van der Waals surface area contributed by atoms with Crippen molar-refractivity contribution in [3.63, 3.8) is 0 Å². The molecule has 5 heteroatoms. The molecule has 0 unspecified atom stereocenters. The summed E-state index contributed by atoms with van der Waals surface area (Å²) in [4.78, 5) is 13.7. The lowest BCUT2D eigenvalue weighted by atomic mass is 9.67. The Kier molecular flexibility index (Phi) is 3.39. The summed E-state index contributed by atoms with van der Waals surface area (Å²) in [5.41, 5.74) is -0.401. The first-order chi connectivity index (χ1) is 7.99. The minimum absolute atomic E-state index is 0.0718. The van der Waals surface area contributed by atoms with Crippen LogP contribution in [0.1, 0.15) is 32.1 Å². The third-order valence-electron chi connectivity index (χ3n) is 3.96. The predicted octanol–water partition coefficient (Wildman–Crippen LogP) is 1.63. The average Bonchev–Trinajstić information content (AvgIpc) is 2.21. The predicted molar refractivity (Wildman–Crippen MR) is 61.0 cm³/mol. The Bertz CT molecular complexity index is 303. The molecule has 3 nitrogen and oxygen atoms in total. The van der Waals surface area contributed by atoms with Crippen LogP contribution in [0.2, 0.25) is 0 Å². The number of nitrogens with one attached hydrogen (secondary N) is 1. The van der Waals surface area contributed by atoms with Crippen molar-refractivity contribution in [2.24, 2.45) is 5.41 Å². The van der Waals surface area contributed by atoms with Crippen molar-refractivity contribution in [1.29, 1.82) is 0 Å². The van der Waals surface area contributed by atoms with E-state index in [1.165, 1.54) is 4.90 Å². The van der Waals surface area contributed by atoms with Gasteiger partial charge in [0.1, 0.15) is 0 Å². The lowest BCUT2D eigenvalue weighted by Crippen LogP contribution is -2.56. The minimum atomic E-state index is -2.70. The van der Waals surface area contributed by atoms with Crippen molar-refractivity contribution >= 4 is 5.91 Å². The van der Waals surface area contributed by atoms with Crippen LogP contribution < -0.4 is 5.32 Å². The molecule has 1 aliphatic carbocycles. The molecular weight excluding hydrogens is 226 g/mol. The molecule has 0 atom stereocenters. The molecule has 1 saturated carbocycles. The van der Waals surface area contributed by atoms with Crippen LogP contribution in [0.25, 0.3) is 0 Å². The number of nitrogens with zero attached hydrogens (tertiary/aromatic N) is 1. The molecule has 0 bridgehead atoms. The number of carbonyl (C=O) groups is 1. The number of halogens is 2. The van der Waals surface area contributed by atoms with Gasteiger partial charge in [-0.2, -0.15) is 0 Å². The molecule has 0 aromatic heterocycles. The van der Waals surface area contributed by atoms with Gasteiger partial charge in [0.2, 0.25) is 5.91 Å². The van der Waals surface area contributed by atoms with Crippen LogP contribution in [0.3, 0.4) is 0 Å². The lowest BCUT2D eigenvalue weighted by Gasteiger charge is -2.45. The third-order valence-corrected chi connectivity index (χ3v) is 3.96. The van der Waals surface area contributed by atoms with E-state index < -0.39 is 17.9 Å². The van der Waals surface area contributed by atoms with Crippen LogP contribution in [-0.2, 0) is 4.79 Å². The summed E-state index contributed by atoms with van der Waals surface area (Å²) < 4.78 is 26.6. The molecule has 2 fully saturated rings. The Labute approximate surface area is 101 Å². The van der Waals surface area contributed by atoms with Gasteiger partial charge in [-0.3, -0.25) is 4.79 Å². The molecule has 0 radical (unpaired) electrons.